The van der Waals surface area contributed by atoms with Crippen LogP contribution < -0.4 is 14.8 Å². The zero-order valence-corrected chi connectivity index (χ0v) is 15.5. The molecule has 1 aliphatic heterocycles. The van der Waals surface area contributed by atoms with Gasteiger partial charge in [0.05, 0.1) is 31.9 Å². The molecule has 0 bridgehead atoms. The summed E-state index contributed by atoms with van der Waals surface area (Å²) < 4.78 is 15.4. The second kappa shape index (κ2) is 9.62. The Labute approximate surface area is 155 Å². The minimum atomic E-state index is -0.606. The van der Waals surface area contributed by atoms with Gasteiger partial charge in [-0.05, 0) is 41.9 Å². The molecule has 26 heavy (non-hydrogen) atoms. The van der Waals surface area contributed by atoms with E-state index in [4.69, 9.17) is 9.47 Å². The number of carbonyl (C=O) groups excluding carboxylic acids is 2. The number of hydrogen-bond acceptors (Lipinski definition) is 8. The lowest BCUT2D eigenvalue weighted by Gasteiger charge is -2.10. The molecule has 1 aromatic carbocycles. The van der Waals surface area contributed by atoms with Crippen LogP contribution in [0.4, 0.5) is 0 Å². The molecule has 1 N–H and O–H groups in total. The molecule has 138 valence electrons. The summed E-state index contributed by atoms with van der Waals surface area (Å²) in [5, 5.41) is 10.7. The Morgan fingerprint density at radius 2 is 2.12 bits per heavy atom. The van der Waals surface area contributed by atoms with Crippen molar-refractivity contribution in [2.24, 2.45) is 10.2 Å². The summed E-state index contributed by atoms with van der Waals surface area (Å²) in [7, 11) is 2.82. The highest BCUT2D eigenvalue weighted by molar-refractivity contribution is 8.18. The van der Waals surface area contributed by atoms with Crippen molar-refractivity contribution in [1.29, 1.82) is 0 Å². The fourth-order valence-electron chi connectivity index (χ4n) is 1.89. The smallest absolute Gasteiger partial charge is 0.331 e. The van der Waals surface area contributed by atoms with Crippen LogP contribution in [0.1, 0.15) is 18.9 Å². The molecule has 2 rings (SSSR count). The minimum absolute atomic E-state index is 0.200. The first-order valence-electron chi connectivity index (χ1n) is 7.78. The summed E-state index contributed by atoms with van der Waals surface area (Å²) in [5.41, 5.74) is 0.765. The lowest BCUT2D eigenvalue weighted by atomic mass is 10.2. The molecule has 1 amide bonds. The van der Waals surface area contributed by atoms with E-state index in [0.717, 1.165) is 29.8 Å². The first-order chi connectivity index (χ1) is 12.6. The van der Waals surface area contributed by atoms with Gasteiger partial charge in [0.25, 0.3) is 5.91 Å². The van der Waals surface area contributed by atoms with Gasteiger partial charge >= 0.3 is 5.97 Å². The normalized spacial score (nSPS) is 17.0. The second-order valence-corrected chi connectivity index (χ2v) is 6.03. The van der Waals surface area contributed by atoms with Gasteiger partial charge in [-0.25, -0.2) is 4.79 Å². The van der Waals surface area contributed by atoms with Gasteiger partial charge in [0.15, 0.2) is 16.7 Å². The van der Waals surface area contributed by atoms with Crippen LogP contribution in [0.15, 0.2) is 39.4 Å². The summed E-state index contributed by atoms with van der Waals surface area (Å²) in [6, 6.07) is 5.38. The molecule has 0 spiro atoms. The zero-order valence-electron chi connectivity index (χ0n) is 14.6. The third-order valence-electron chi connectivity index (χ3n) is 3.11. The SMILES string of the molecule is CCCOc1cc(C=N/N=C2/NC(=O)/C(=C\C(=O)OC)S2)ccc1OC. The number of rotatable bonds is 7. The van der Waals surface area contributed by atoms with E-state index >= 15 is 0 Å². The molecule has 1 aromatic rings. The quantitative estimate of drug-likeness (QED) is 0.338. The highest BCUT2D eigenvalue weighted by Gasteiger charge is 2.24. The lowest BCUT2D eigenvalue weighted by molar-refractivity contribution is -0.135. The summed E-state index contributed by atoms with van der Waals surface area (Å²) >= 11 is 1.01. The van der Waals surface area contributed by atoms with E-state index in [9.17, 15) is 9.59 Å². The zero-order chi connectivity index (χ0) is 18.9. The molecule has 0 aliphatic carbocycles. The van der Waals surface area contributed by atoms with E-state index in [2.05, 4.69) is 20.3 Å². The maximum Gasteiger partial charge on any atom is 0.331 e. The van der Waals surface area contributed by atoms with Crippen molar-refractivity contribution >= 4 is 35.0 Å². The van der Waals surface area contributed by atoms with Crippen molar-refractivity contribution in [3.05, 3.63) is 34.7 Å². The molecule has 1 heterocycles. The van der Waals surface area contributed by atoms with E-state index in [1.54, 1.807) is 19.2 Å². The Balaban J connectivity index is 2.08. The van der Waals surface area contributed by atoms with Crippen molar-refractivity contribution < 1.29 is 23.8 Å². The van der Waals surface area contributed by atoms with Gasteiger partial charge in [0.1, 0.15) is 0 Å². The van der Waals surface area contributed by atoms with Crippen molar-refractivity contribution in [1.82, 2.24) is 5.32 Å². The molecule has 9 heteroatoms. The predicted molar refractivity (Wildman–Crippen MR) is 99.6 cm³/mol. The van der Waals surface area contributed by atoms with E-state index < -0.39 is 11.9 Å². The van der Waals surface area contributed by atoms with Gasteiger partial charge in [0.2, 0.25) is 0 Å². The van der Waals surface area contributed by atoms with Crippen LogP contribution in [0.3, 0.4) is 0 Å². The minimum Gasteiger partial charge on any atom is -0.493 e. The van der Waals surface area contributed by atoms with Crippen molar-refractivity contribution in [2.45, 2.75) is 13.3 Å². The van der Waals surface area contributed by atoms with Crippen LogP contribution in [0.2, 0.25) is 0 Å². The predicted octanol–water partition coefficient (Wildman–Crippen LogP) is 2.09. The number of thioether (sulfide) groups is 1. The van der Waals surface area contributed by atoms with E-state index in [1.807, 2.05) is 13.0 Å². The topological polar surface area (TPSA) is 98.6 Å². The standard InChI is InChI=1S/C17H19N3O5S/c1-4-7-25-13-8-11(5-6-12(13)23-2)10-18-20-17-19-16(22)14(26-17)9-15(21)24-3/h5-6,8-10H,4,7H2,1-3H3,(H,19,20,22)/b14-9+,18-10?. The fourth-order valence-corrected chi connectivity index (χ4v) is 2.63. The Morgan fingerprint density at radius 1 is 1.31 bits per heavy atom. The highest BCUT2D eigenvalue weighted by Crippen LogP contribution is 2.28. The number of carbonyl (C=O) groups is 2. The van der Waals surface area contributed by atoms with Crippen LogP contribution in [0.5, 0.6) is 11.5 Å². The largest absolute Gasteiger partial charge is 0.493 e. The van der Waals surface area contributed by atoms with Crippen LogP contribution >= 0.6 is 11.8 Å². The number of nitrogens with one attached hydrogen (secondary N) is 1. The molecule has 1 fully saturated rings. The lowest BCUT2D eigenvalue weighted by Crippen LogP contribution is -2.19. The van der Waals surface area contributed by atoms with Crippen molar-refractivity contribution in [3.63, 3.8) is 0 Å². The average molecular weight is 377 g/mol. The maximum absolute atomic E-state index is 11.7. The number of ether oxygens (including phenoxy) is 3. The highest BCUT2D eigenvalue weighted by atomic mass is 32.2. The molecule has 0 atom stereocenters. The molecule has 8 nitrogen and oxygen atoms in total. The third-order valence-corrected chi connectivity index (χ3v) is 4.01. The maximum atomic E-state index is 11.7. The first kappa shape index (κ1) is 19.5. The van der Waals surface area contributed by atoms with Crippen LogP contribution in [0.25, 0.3) is 0 Å². The number of amidine groups is 1. The van der Waals surface area contributed by atoms with Gasteiger partial charge in [-0.1, -0.05) is 6.92 Å². The second-order valence-electron chi connectivity index (χ2n) is 5.00. The van der Waals surface area contributed by atoms with E-state index in [0.29, 0.717) is 18.1 Å². The summed E-state index contributed by atoms with van der Waals surface area (Å²) in [5.74, 6) is 0.232. The average Bonchev–Trinajstić information content (AvgIpc) is 2.99. The molecule has 0 aromatic heterocycles. The molecule has 1 saturated heterocycles. The first-order valence-corrected chi connectivity index (χ1v) is 8.59. The molecular weight excluding hydrogens is 358 g/mol. The van der Waals surface area contributed by atoms with Gasteiger partial charge in [-0.3, -0.25) is 10.1 Å². The summed E-state index contributed by atoms with van der Waals surface area (Å²) in [6.45, 7) is 2.60. The van der Waals surface area contributed by atoms with Crippen LogP contribution in [-0.2, 0) is 14.3 Å². The summed E-state index contributed by atoms with van der Waals surface area (Å²) in [4.78, 5) is 23.1. The molecule has 0 radical (unpaired) electrons. The molecule has 1 aliphatic rings. The van der Waals surface area contributed by atoms with Gasteiger partial charge in [-0.15, -0.1) is 5.10 Å². The Bertz CT molecular complexity index is 774. The van der Waals surface area contributed by atoms with Gasteiger partial charge in [-0.2, -0.15) is 5.10 Å². The number of amides is 1. The summed E-state index contributed by atoms with van der Waals surface area (Å²) in [6.07, 6.45) is 3.51. The van der Waals surface area contributed by atoms with Gasteiger partial charge in [0, 0.05) is 6.08 Å². The van der Waals surface area contributed by atoms with E-state index in [-0.39, 0.29) is 10.1 Å². The number of hydrogen-bond donors (Lipinski definition) is 1. The number of methoxy groups -OCH3 is 2. The van der Waals surface area contributed by atoms with Crippen LogP contribution in [-0.4, -0.2) is 44.1 Å². The van der Waals surface area contributed by atoms with Crippen molar-refractivity contribution in [3.8, 4) is 11.5 Å². The monoisotopic (exact) mass is 377 g/mol. The third kappa shape index (κ3) is 5.35. The molecular formula is C17H19N3O5S. The Morgan fingerprint density at radius 3 is 2.81 bits per heavy atom. The fraction of sp³-hybridized carbons (Fsp3) is 0.294. The van der Waals surface area contributed by atoms with E-state index in [1.165, 1.54) is 13.3 Å². The number of nitrogens with zero attached hydrogens (tertiary/aromatic N) is 2. The van der Waals surface area contributed by atoms with Crippen LogP contribution in [0, 0.1) is 0 Å². The Hall–Kier alpha value is -2.81. The number of esters is 1. The van der Waals surface area contributed by atoms with Crippen molar-refractivity contribution in [2.75, 3.05) is 20.8 Å². The molecule has 0 unspecified atom stereocenters. The van der Waals surface area contributed by atoms with Gasteiger partial charge < -0.3 is 14.2 Å². The Kier molecular flexibility index (Phi) is 7.22. The molecule has 0 saturated carbocycles. The number of benzene rings is 1.